The van der Waals surface area contributed by atoms with Crippen LogP contribution in [0.4, 0.5) is 0 Å². The number of aromatic nitrogens is 3. The number of aromatic amines is 1. The van der Waals surface area contributed by atoms with Gasteiger partial charge in [0.15, 0.2) is 0 Å². The van der Waals surface area contributed by atoms with E-state index in [1.165, 1.54) is 0 Å². The van der Waals surface area contributed by atoms with E-state index >= 15 is 0 Å². The molecule has 2 heterocycles. The van der Waals surface area contributed by atoms with Crippen molar-refractivity contribution in [1.29, 1.82) is 0 Å². The molecule has 0 saturated carbocycles. The summed E-state index contributed by atoms with van der Waals surface area (Å²) in [7, 11) is 0. The van der Waals surface area contributed by atoms with Crippen LogP contribution >= 0.6 is 0 Å². The van der Waals surface area contributed by atoms with Gasteiger partial charge in [-0.1, -0.05) is 30.3 Å². The zero-order valence-electron chi connectivity index (χ0n) is 9.17. The van der Waals surface area contributed by atoms with Gasteiger partial charge in [0.1, 0.15) is 5.69 Å². The first-order chi connectivity index (χ1) is 8.43. The third-order valence-electron chi connectivity index (χ3n) is 2.61. The molecule has 0 aliphatic heterocycles. The quantitative estimate of drug-likeness (QED) is 0.722. The van der Waals surface area contributed by atoms with E-state index in [-0.39, 0.29) is 0 Å². The van der Waals surface area contributed by atoms with E-state index in [0.717, 1.165) is 22.6 Å². The SMILES string of the molecule is c1ccc(-c2ccc(-c3ccc[nH]3)nn2)cc1. The van der Waals surface area contributed by atoms with Crippen LogP contribution in [0.3, 0.4) is 0 Å². The topological polar surface area (TPSA) is 41.6 Å². The molecule has 0 aliphatic rings. The molecule has 3 rings (SSSR count). The second-order valence-electron chi connectivity index (χ2n) is 3.75. The summed E-state index contributed by atoms with van der Waals surface area (Å²) in [5.74, 6) is 0. The second kappa shape index (κ2) is 4.22. The molecule has 3 heteroatoms. The number of rotatable bonds is 2. The molecule has 17 heavy (non-hydrogen) atoms. The summed E-state index contributed by atoms with van der Waals surface area (Å²) >= 11 is 0. The number of nitrogens with one attached hydrogen (secondary N) is 1. The molecule has 3 nitrogen and oxygen atoms in total. The van der Waals surface area contributed by atoms with E-state index in [9.17, 15) is 0 Å². The summed E-state index contributed by atoms with van der Waals surface area (Å²) in [4.78, 5) is 3.11. The number of nitrogens with zero attached hydrogens (tertiary/aromatic N) is 2. The Bertz CT molecular complexity index is 583. The lowest BCUT2D eigenvalue weighted by molar-refractivity contribution is 1.04. The van der Waals surface area contributed by atoms with E-state index in [2.05, 4.69) is 15.2 Å². The zero-order chi connectivity index (χ0) is 11.5. The highest BCUT2D eigenvalue weighted by molar-refractivity contribution is 5.61. The highest BCUT2D eigenvalue weighted by atomic mass is 15.1. The molecule has 0 bridgehead atoms. The van der Waals surface area contributed by atoms with Gasteiger partial charge in [-0.25, -0.2) is 0 Å². The third-order valence-corrected chi connectivity index (χ3v) is 2.61. The van der Waals surface area contributed by atoms with Gasteiger partial charge in [-0.15, -0.1) is 10.2 Å². The lowest BCUT2D eigenvalue weighted by Crippen LogP contribution is -1.90. The summed E-state index contributed by atoms with van der Waals surface area (Å²) < 4.78 is 0. The van der Waals surface area contributed by atoms with Crippen LogP contribution in [0.2, 0.25) is 0 Å². The molecule has 0 unspecified atom stereocenters. The molecule has 0 saturated heterocycles. The summed E-state index contributed by atoms with van der Waals surface area (Å²) in [6.07, 6.45) is 1.88. The van der Waals surface area contributed by atoms with E-state index in [1.807, 2.05) is 60.8 Å². The maximum absolute atomic E-state index is 4.23. The van der Waals surface area contributed by atoms with Gasteiger partial charge in [0.2, 0.25) is 0 Å². The molecule has 0 radical (unpaired) electrons. The lowest BCUT2D eigenvalue weighted by Gasteiger charge is -2.00. The zero-order valence-corrected chi connectivity index (χ0v) is 9.17. The average Bonchev–Trinajstić information content (AvgIpc) is 2.94. The first-order valence-electron chi connectivity index (χ1n) is 5.46. The molecular formula is C14H11N3. The molecule has 2 aromatic heterocycles. The number of hydrogen-bond acceptors (Lipinski definition) is 2. The Labute approximate surface area is 99.2 Å². The number of H-pyrrole nitrogens is 1. The molecule has 3 aromatic rings. The van der Waals surface area contributed by atoms with Crippen molar-refractivity contribution in [3.63, 3.8) is 0 Å². The van der Waals surface area contributed by atoms with Crippen molar-refractivity contribution in [2.45, 2.75) is 0 Å². The maximum atomic E-state index is 4.23. The summed E-state index contributed by atoms with van der Waals surface area (Å²) in [6.45, 7) is 0. The summed E-state index contributed by atoms with van der Waals surface area (Å²) in [6, 6.07) is 17.9. The molecular weight excluding hydrogens is 210 g/mol. The fraction of sp³-hybridized carbons (Fsp3) is 0. The molecule has 0 spiro atoms. The highest BCUT2D eigenvalue weighted by Crippen LogP contribution is 2.18. The smallest absolute Gasteiger partial charge is 0.109 e. The van der Waals surface area contributed by atoms with Crippen LogP contribution in [0, 0.1) is 0 Å². The van der Waals surface area contributed by atoms with Crippen LogP contribution < -0.4 is 0 Å². The molecule has 1 N–H and O–H groups in total. The minimum Gasteiger partial charge on any atom is -0.360 e. The fourth-order valence-electron chi connectivity index (χ4n) is 1.73. The average molecular weight is 221 g/mol. The third kappa shape index (κ3) is 1.95. The largest absolute Gasteiger partial charge is 0.360 e. The molecule has 1 aromatic carbocycles. The van der Waals surface area contributed by atoms with Crippen molar-refractivity contribution in [3.05, 3.63) is 60.8 Å². The maximum Gasteiger partial charge on any atom is 0.109 e. The van der Waals surface area contributed by atoms with Crippen LogP contribution in [-0.4, -0.2) is 15.2 Å². The van der Waals surface area contributed by atoms with Crippen molar-refractivity contribution in [2.75, 3.05) is 0 Å². The second-order valence-corrected chi connectivity index (χ2v) is 3.75. The van der Waals surface area contributed by atoms with Crippen LogP contribution in [-0.2, 0) is 0 Å². The Morgan fingerprint density at radius 3 is 2.12 bits per heavy atom. The predicted molar refractivity (Wildman–Crippen MR) is 67.3 cm³/mol. The Hall–Kier alpha value is -2.42. The monoisotopic (exact) mass is 221 g/mol. The van der Waals surface area contributed by atoms with E-state index < -0.39 is 0 Å². The van der Waals surface area contributed by atoms with Gasteiger partial charge >= 0.3 is 0 Å². The van der Waals surface area contributed by atoms with Gasteiger partial charge in [-0.2, -0.15) is 0 Å². The summed E-state index contributed by atoms with van der Waals surface area (Å²) in [5, 5.41) is 8.45. The van der Waals surface area contributed by atoms with Gasteiger partial charge < -0.3 is 4.98 Å². The Balaban J connectivity index is 1.96. The van der Waals surface area contributed by atoms with Gasteiger partial charge in [0, 0.05) is 11.8 Å². The number of hydrogen-bond donors (Lipinski definition) is 1. The van der Waals surface area contributed by atoms with E-state index in [1.54, 1.807) is 0 Å². The van der Waals surface area contributed by atoms with Gasteiger partial charge in [-0.3, -0.25) is 0 Å². The first kappa shape index (κ1) is 9.78. The lowest BCUT2D eigenvalue weighted by atomic mass is 10.1. The van der Waals surface area contributed by atoms with Gasteiger partial charge in [0.05, 0.1) is 11.4 Å². The van der Waals surface area contributed by atoms with Gasteiger partial charge in [0.25, 0.3) is 0 Å². The summed E-state index contributed by atoms with van der Waals surface area (Å²) in [5.41, 5.74) is 3.81. The minimum atomic E-state index is 0.856. The van der Waals surface area contributed by atoms with E-state index in [0.29, 0.717) is 0 Å². The molecule has 0 atom stereocenters. The first-order valence-corrected chi connectivity index (χ1v) is 5.46. The fourth-order valence-corrected chi connectivity index (χ4v) is 1.73. The van der Waals surface area contributed by atoms with Crippen molar-refractivity contribution in [1.82, 2.24) is 15.2 Å². The van der Waals surface area contributed by atoms with E-state index in [4.69, 9.17) is 0 Å². The van der Waals surface area contributed by atoms with Crippen LogP contribution in [0.5, 0.6) is 0 Å². The van der Waals surface area contributed by atoms with Gasteiger partial charge in [-0.05, 0) is 24.3 Å². The molecule has 0 aliphatic carbocycles. The van der Waals surface area contributed by atoms with Crippen LogP contribution in [0.15, 0.2) is 60.8 Å². The van der Waals surface area contributed by atoms with Crippen molar-refractivity contribution in [2.24, 2.45) is 0 Å². The Kier molecular flexibility index (Phi) is 2.43. The predicted octanol–water partition coefficient (Wildman–Crippen LogP) is 3.14. The molecule has 82 valence electrons. The normalized spacial score (nSPS) is 10.4. The molecule has 0 amide bonds. The number of benzene rings is 1. The van der Waals surface area contributed by atoms with Crippen molar-refractivity contribution < 1.29 is 0 Å². The highest BCUT2D eigenvalue weighted by Gasteiger charge is 2.02. The Morgan fingerprint density at radius 1 is 0.706 bits per heavy atom. The molecule has 0 fully saturated rings. The van der Waals surface area contributed by atoms with Crippen LogP contribution in [0.1, 0.15) is 0 Å². The minimum absolute atomic E-state index is 0.856. The van der Waals surface area contributed by atoms with Crippen molar-refractivity contribution >= 4 is 0 Å². The van der Waals surface area contributed by atoms with Crippen molar-refractivity contribution in [3.8, 4) is 22.6 Å². The Morgan fingerprint density at radius 2 is 1.47 bits per heavy atom. The van der Waals surface area contributed by atoms with Crippen LogP contribution in [0.25, 0.3) is 22.6 Å². The standard InChI is InChI=1S/C14H11N3/c1-2-5-11(6-3-1)12-8-9-14(17-16-12)13-7-4-10-15-13/h1-10,15H.